The zero-order valence-electron chi connectivity index (χ0n) is 19.1. The van der Waals surface area contributed by atoms with Gasteiger partial charge in [-0.25, -0.2) is 8.42 Å². The van der Waals surface area contributed by atoms with Crippen LogP contribution in [-0.4, -0.2) is 38.2 Å². The molecule has 0 spiro atoms. The highest BCUT2D eigenvalue weighted by molar-refractivity contribution is 7.91. The average molecular weight is 444 g/mol. The van der Waals surface area contributed by atoms with Crippen LogP contribution in [0.5, 0.6) is 11.5 Å². The lowest BCUT2D eigenvalue weighted by molar-refractivity contribution is 0.189. The Bertz CT molecular complexity index is 1050. The van der Waals surface area contributed by atoms with E-state index < -0.39 is 9.84 Å². The monoisotopic (exact) mass is 443 g/mol. The van der Waals surface area contributed by atoms with Crippen molar-refractivity contribution in [1.29, 1.82) is 0 Å². The summed E-state index contributed by atoms with van der Waals surface area (Å²) < 4.78 is 35.7. The highest BCUT2D eigenvalue weighted by atomic mass is 32.2. The quantitative estimate of drug-likeness (QED) is 0.739. The van der Waals surface area contributed by atoms with Gasteiger partial charge in [0, 0.05) is 16.7 Å². The SMILES string of the molecule is Cc1cc(OC2CCS(=O)(=O)CC2)cc(C)c1-c1cccc2c1OC[C@H]2NC(C)(C)C. The first kappa shape index (κ1) is 22.2. The molecule has 2 aromatic rings. The van der Waals surface area contributed by atoms with Gasteiger partial charge >= 0.3 is 0 Å². The van der Waals surface area contributed by atoms with E-state index in [9.17, 15) is 8.42 Å². The first-order chi connectivity index (χ1) is 14.5. The summed E-state index contributed by atoms with van der Waals surface area (Å²) in [6.45, 7) is 11.3. The summed E-state index contributed by atoms with van der Waals surface area (Å²) in [5.41, 5.74) is 5.75. The van der Waals surface area contributed by atoms with Gasteiger partial charge in [0.1, 0.15) is 24.2 Å². The van der Waals surface area contributed by atoms with E-state index in [4.69, 9.17) is 9.47 Å². The van der Waals surface area contributed by atoms with Crippen LogP contribution in [0.4, 0.5) is 0 Å². The number of ether oxygens (including phenoxy) is 2. The number of nitrogens with one attached hydrogen (secondary N) is 1. The molecule has 0 bridgehead atoms. The summed E-state index contributed by atoms with van der Waals surface area (Å²) in [5, 5.41) is 3.65. The van der Waals surface area contributed by atoms with Crippen LogP contribution in [0.2, 0.25) is 0 Å². The first-order valence-electron chi connectivity index (χ1n) is 11.0. The molecule has 0 radical (unpaired) electrons. The van der Waals surface area contributed by atoms with Crippen molar-refractivity contribution in [3.8, 4) is 22.6 Å². The van der Waals surface area contributed by atoms with E-state index in [-0.39, 0.29) is 29.2 Å². The molecule has 0 saturated carbocycles. The van der Waals surface area contributed by atoms with Crippen molar-refractivity contribution in [2.75, 3.05) is 18.1 Å². The van der Waals surface area contributed by atoms with Crippen LogP contribution in [0, 0.1) is 13.8 Å². The molecule has 2 heterocycles. The first-order valence-corrected chi connectivity index (χ1v) is 12.9. The van der Waals surface area contributed by atoms with Crippen molar-refractivity contribution in [2.24, 2.45) is 0 Å². The van der Waals surface area contributed by atoms with Crippen molar-refractivity contribution < 1.29 is 17.9 Å². The molecular formula is C25H33NO4S. The molecular weight excluding hydrogens is 410 g/mol. The van der Waals surface area contributed by atoms with Crippen molar-refractivity contribution in [3.63, 3.8) is 0 Å². The van der Waals surface area contributed by atoms with Crippen LogP contribution in [-0.2, 0) is 9.84 Å². The van der Waals surface area contributed by atoms with Crippen molar-refractivity contribution in [3.05, 3.63) is 47.0 Å². The molecule has 1 fully saturated rings. The second kappa shape index (κ2) is 8.14. The Hall–Kier alpha value is -2.05. The molecule has 31 heavy (non-hydrogen) atoms. The summed E-state index contributed by atoms with van der Waals surface area (Å²) in [6, 6.07) is 10.7. The van der Waals surface area contributed by atoms with Crippen LogP contribution in [0.1, 0.15) is 56.3 Å². The normalized spacial score (nSPS) is 20.9. The van der Waals surface area contributed by atoms with Gasteiger partial charge < -0.3 is 14.8 Å². The fourth-order valence-electron chi connectivity index (χ4n) is 4.68. The van der Waals surface area contributed by atoms with Gasteiger partial charge in [0.2, 0.25) is 0 Å². The van der Waals surface area contributed by atoms with Gasteiger partial charge in [0.15, 0.2) is 9.84 Å². The third kappa shape index (κ3) is 4.90. The van der Waals surface area contributed by atoms with Gasteiger partial charge in [-0.2, -0.15) is 0 Å². The lowest BCUT2D eigenvalue weighted by Gasteiger charge is -2.25. The molecule has 2 aliphatic rings. The van der Waals surface area contributed by atoms with E-state index in [2.05, 4.69) is 70.3 Å². The maximum Gasteiger partial charge on any atom is 0.150 e. The van der Waals surface area contributed by atoms with Gasteiger partial charge in [-0.05, 0) is 76.3 Å². The zero-order valence-corrected chi connectivity index (χ0v) is 19.9. The number of benzene rings is 2. The van der Waals surface area contributed by atoms with Gasteiger partial charge in [0.05, 0.1) is 17.5 Å². The Kier molecular flexibility index (Phi) is 5.81. The minimum absolute atomic E-state index is 0.00884. The van der Waals surface area contributed by atoms with E-state index in [0.29, 0.717) is 19.4 Å². The molecule has 1 atom stereocenters. The molecule has 5 nitrogen and oxygen atoms in total. The molecule has 2 aromatic carbocycles. The average Bonchev–Trinajstić information content (AvgIpc) is 3.05. The number of hydrogen-bond donors (Lipinski definition) is 1. The van der Waals surface area contributed by atoms with E-state index >= 15 is 0 Å². The smallest absolute Gasteiger partial charge is 0.150 e. The van der Waals surface area contributed by atoms with E-state index in [1.807, 2.05) is 0 Å². The fourth-order valence-corrected chi connectivity index (χ4v) is 6.13. The van der Waals surface area contributed by atoms with Crippen LogP contribution >= 0.6 is 0 Å². The molecule has 0 amide bonds. The van der Waals surface area contributed by atoms with E-state index in [1.165, 1.54) is 11.1 Å². The number of hydrogen-bond acceptors (Lipinski definition) is 5. The molecule has 0 unspecified atom stereocenters. The standard InChI is InChI=1S/C25H33NO4S/c1-16-13-19(30-18-9-11-31(27,28)12-10-18)14-17(2)23(16)21-8-6-7-20-22(15-29-24(20)21)26-25(3,4)5/h6-8,13-14,18,22,26H,9-12,15H2,1-5H3/t22-/m1/s1. The Morgan fingerprint density at radius 2 is 1.71 bits per heavy atom. The molecule has 6 heteroatoms. The van der Waals surface area contributed by atoms with Crippen LogP contribution in [0.15, 0.2) is 30.3 Å². The van der Waals surface area contributed by atoms with Crippen molar-refractivity contribution in [2.45, 2.75) is 65.1 Å². The van der Waals surface area contributed by atoms with Gasteiger partial charge in [0.25, 0.3) is 0 Å². The topological polar surface area (TPSA) is 64.6 Å². The molecule has 168 valence electrons. The lowest BCUT2D eigenvalue weighted by Crippen LogP contribution is -2.39. The lowest BCUT2D eigenvalue weighted by atomic mass is 9.92. The molecule has 2 aliphatic heterocycles. The predicted molar refractivity (Wildman–Crippen MR) is 125 cm³/mol. The van der Waals surface area contributed by atoms with E-state index in [0.717, 1.165) is 28.2 Å². The number of sulfone groups is 1. The Labute approximate surface area is 186 Å². The Balaban J connectivity index is 1.60. The van der Waals surface area contributed by atoms with Crippen LogP contribution in [0.3, 0.4) is 0 Å². The number of aryl methyl sites for hydroxylation is 2. The molecule has 0 aliphatic carbocycles. The number of para-hydroxylation sites is 1. The number of fused-ring (bicyclic) bond motifs is 1. The minimum Gasteiger partial charge on any atom is -0.491 e. The maximum absolute atomic E-state index is 11.7. The van der Waals surface area contributed by atoms with Gasteiger partial charge in [-0.15, -0.1) is 0 Å². The van der Waals surface area contributed by atoms with Crippen LogP contribution < -0.4 is 14.8 Å². The summed E-state index contributed by atoms with van der Waals surface area (Å²) in [7, 11) is -2.89. The predicted octanol–water partition coefficient (Wildman–Crippen LogP) is 4.75. The molecule has 0 aromatic heterocycles. The highest BCUT2D eigenvalue weighted by Gasteiger charge is 2.30. The summed E-state index contributed by atoms with van der Waals surface area (Å²) in [6.07, 6.45) is 1.08. The molecule has 1 N–H and O–H groups in total. The second-order valence-electron chi connectivity index (χ2n) is 9.88. The maximum atomic E-state index is 11.7. The Morgan fingerprint density at radius 3 is 2.32 bits per heavy atom. The second-order valence-corrected chi connectivity index (χ2v) is 12.2. The largest absolute Gasteiger partial charge is 0.491 e. The van der Waals surface area contributed by atoms with Crippen molar-refractivity contribution >= 4 is 9.84 Å². The Morgan fingerprint density at radius 1 is 1.06 bits per heavy atom. The van der Waals surface area contributed by atoms with Crippen molar-refractivity contribution in [1.82, 2.24) is 5.32 Å². The zero-order chi connectivity index (χ0) is 22.4. The summed E-state index contributed by atoms with van der Waals surface area (Å²) in [5.74, 6) is 2.20. The molecule has 4 rings (SSSR count). The highest BCUT2D eigenvalue weighted by Crippen LogP contribution is 2.44. The fraction of sp³-hybridized carbons (Fsp3) is 0.520. The molecule has 1 saturated heterocycles. The summed E-state index contributed by atoms with van der Waals surface area (Å²) >= 11 is 0. The van der Waals surface area contributed by atoms with Gasteiger partial charge in [-0.1, -0.05) is 18.2 Å². The van der Waals surface area contributed by atoms with E-state index in [1.54, 1.807) is 0 Å². The number of rotatable bonds is 4. The minimum atomic E-state index is -2.89. The van der Waals surface area contributed by atoms with Gasteiger partial charge in [-0.3, -0.25) is 0 Å². The third-order valence-corrected chi connectivity index (χ3v) is 7.72. The third-order valence-electron chi connectivity index (χ3n) is 6.00. The van der Waals surface area contributed by atoms with Crippen LogP contribution in [0.25, 0.3) is 11.1 Å². The summed E-state index contributed by atoms with van der Waals surface area (Å²) in [4.78, 5) is 0.